The van der Waals surface area contributed by atoms with Gasteiger partial charge in [0, 0.05) is 32.3 Å². The van der Waals surface area contributed by atoms with Gasteiger partial charge in [-0.1, -0.05) is 6.92 Å². The van der Waals surface area contributed by atoms with Crippen LogP contribution in [0.1, 0.15) is 39.0 Å². The lowest BCUT2D eigenvalue weighted by Crippen LogP contribution is -2.43. The predicted molar refractivity (Wildman–Crippen MR) is 84.3 cm³/mol. The zero-order valence-corrected chi connectivity index (χ0v) is 13.6. The maximum absolute atomic E-state index is 6.33. The van der Waals surface area contributed by atoms with Crippen molar-refractivity contribution in [2.45, 2.75) is 39.3 Å². The Kier molecular flexibility index (Phi) is 9.34. The molecule has 0 saturated heterocycles. The minimum absolute atomic E-state index is 0.0272. The first kappa shape index (κ1) is 18.2. The average molecular weight is 298 g/mol. The number of furan rings is 1. The van der Waals surface area contributed by atoms with E-state index in [9.17, 15) is 0 Å². The van der Waals surface area contributed by atoms with Crippen molar-refractivity contribution in [3.05, 3.63) is 24.2 Å². The molecule has 2 N–H and O–H groups in total. The highest BCUT2D eigenvalue weighted by atomic mass is 16.5. The van der Waals surface area contributed by atoms with Gasteiger partial charge >= 0.3 is 0 Å². The standard InChI is InChI=1S/C16H30N2O3/c1-4-14(17)16(15-8-7-11-21-15)18(9-12-19-5-2)10-13-20-6-3/h7-8,11,14,16H,4-6,9-10,12-13,17H2,1-3H3. The number of ether oxygens (including phenoxy) is 2. The highest BCUT2D eigenvalue weighted by Crippen LogP contribution is 2.25. The van der Waals surface area contributed by atoms with Gasteiger partial charge < -0.3 is 19.6 Å². The van der Waals surface area contributed by atoms with Crippen LogP contribution in [0.2, 0.25) is 0 Å². The van der Waals surface area contributed by atoms with E-state index in [2.05, 4.69) is 11.8 Å². The quantitative estimate of drug-likeness (QED) is 0.601. The fraction of sp³-hybridized carbons (Fsp3) is 0.750. The van der Waals surface area contributed by atoms with Gasteiger partial charge in [-0.15, -0.1) is 0 Å². The Balaban J connectivity index is 2.76. The average Bonchev–Trinajstić information content (AvgIpc) is 3.01. The van der Waals surface area contributed by atoms with E-state index >= 15 is 0 Å². The lowest BCUT2D eigenvalue weighted by Gasteiger charge is -2.33. The first-order valence-corrected chi connectivity index (χ1v) is 7.93. The van der Waals surface area contributed by atoms with Crippen LogP contribution in [-0.4, -0.2) is 50.5 Å². The summed E-state index contributed by atoms with van der Waals surface area (Å²) in [6.45, 7) is 10.6. The molecule has 0 spiro atoms. The summed E-state index contributed by atoms with van der Waals surface area (Å²) in [5.74, 6) is 0.914. The van der Waals surface area contributed by atoms with E-state index in [-0.39, 0.29) is 12.1 Å². The molecule has 1 aromatic heterocycles. The largest absolute Gasteiger partial charge is 0.468 e. The second-order valence-electron chi connectivity index (χ2n) is 4.96. The maximum Gasteiger partial charge on any atom is 0.122 e. The Morgan fingerprint density at radius 3 is 2.19 bits per heavy atom. The number of nitrogens with two attached hydrogens (primary N) is 1. The van der Waals surface area contributed by atoms with E-state index < -0.39 is 0 Å². The highest BCUT2D eigenvalue weighted by Gasteiger charge is 2.27. The topological polar surface area (TPSA) is 60.9 Å². The number of hydrogen-bond acceptors (Lipinski definition) is 5. The van der Waals surface area contributed by atoms with Crippen molar-refractivity contribution in [2.75, 3.05) is 39.5 Å². The van der Waals surface area contributed by atoms with Gasteiger partial charge in [0.1, 0.15) is 5.76 Å². The Bertz CT molecular complexity index is 333. The third-order valence-electron chi connectivity index (χ3n) is 3.56. The molecule has 5 nitrogen and oxygen atoms in total. The highest BCUT2D eigenvalue weighted by molar-refractivity contribution is 5.08. The number of rotatable bonds is 12. The van der Waals surface area contributed by atoms with Crippen molar-refractivity contribution >= 4 is 0 Å². The molecule has 21 heavy (non-hydrogen) atoms. The minimum Gasteiger partial charge on any atom is -0.468 e. The van der Waals surface area contributed by atoms with Crippen LogP contribution >= 0.6 is 0 Å². The summed E-state index contributed by atoms with van der Waals surface area (Å²) in [5, 5.41) is 0. The molecule has 0 fully saturated rings. The normalized spacial score (nSPS) is 14.5. The zero-order chi connectivity index (χ0) is 15.5. The van der Waals surface area contributed by atoms with Crippen molar-refractivity contribution in [3.8, 4) is 0 Å². The van der Waals surface area contributed by atoms with Gasteiger partial charge in [0.15, 0.2) is 0 Å². The second-order valence-corrected chi connectivity index (χ2v) is 4.96. The molecule has 0 saturated carbocycles. The molecule has 0 aliphatic heterocycles. The third-order valence-corrected chi connectivity index (χ3v) is 3.56. The fourth-order valence-electron chi connectivity index (χ4n) is 2.39. The molecule has 2 atom stereocenters. The number of hydrogen-bond donors (Lipinski definition) is 1. The third kappa shape index (κ3) is 6.18. The smallest absolute Gasteiger partial charge is 0.122 e. The predicted octanol–water partition coefficient (Wildman–Crippen LogP) is 2.43. The minimum atomic E-state index is 0.0272. The molecule has 0 radical (unpaired) electrons. The molecule has 1 heterocycles. The molecular weight excluding hydrogens is 268 g/mol. The van der Waals surface area contributed by atoms with Gasteiger partial charge in [0.25, 0.3) is 0 Å². The molecule has 0 bridgehead atoms. The van der Waals surface area contributed by atoms with Crippen LogP contribution < -0.4 is 5.73 Å². The van der Waals surface area contributed by atoms with Gasteiger partial charge in [-0.3, -0.25) is 4.90 Å². The van der Waals surface area contributed by atoms with Crippen LogP contribution in [0.5, 0.6) is 0 Å². The maximum atomic E-state index is 6.33. The Morgan fingerprint density at radius 2 is 1.76 bits per heavy atom. The van der Waals surface area contributed by atoms with E-state index in [1.165, 1.54) is 0 Å². The summed E-state index contributed by atoms with van der Waals surface area (Å²) in [7, 11) is 0. The summed E-state index contributed by atoms with van der Waals surface area (Å²) in [5.41, 5.74) is 6.33. The zero-order valence-electron chi connectivity index (χ0n) is 13.6. The molecule has 2 unspecified atom stereocenters. The summed E-state index contributed by atoms with van der Waals surface area (Å²) in [6, 6.07) is 3.99. The van der Waals surface area contributed by atoms with Crippen molar-refractivity contribution < 1.29 is 13.9 Å². The molecule has 122 valence electrons. The SMILES string of the molecule is CCOCCN(CCOCC)C(c1ccco1)C(N)CC. The second kappa shape index (κ2) is 10.8. The molecule has 0 aliphatic carbocycles. The molecule has 0 amide bonds. The molecule has 0 aromatic carbocycles. The molecule has 5 heteroatoms. The van der Waals surface area contributed by atoms with E-state index in [1.807, 2.05) is 26.0 Å². The lowest BCUT2D eigenvalue weighted by atomic mass is 10.0. The van der Waals surface area contributed by atoms with Gasteiger partial charge in [-0.2, -0.15) is 0 Å². The Morgan fingerprint density at radius 1 is 1.14 bits per heavy atom. The van der Waals surface area contributed by atoms with Crippen LogP contribution in [0.15, 0.2) is 22.8 Å². The van der Waals surface area contributed by atoms with Crippen molar-refractivity contribution in [1.82, 2.24) is 4.90 Å². The van der Waals surface area contributed by atoms with E-state index in [4.69, 9.17) is 19.6 Å². The van der Waals surface area contributed by atoms with Crippen molar-refractivity contribution in [1.29, 1.82) is 0 Å². The number of nitrogens with zero attached hydrogens (tertiary/aromatic N) is 1. The van der Waals surface area contributed by atoms with Gasteiger partial charge in [0.05, 0.1) is 25.5 Å². The van der Waals surface area contributed by atoms with Crippen LogP contribution in [-0.2, 0) is 9.47 Å². The molecule has 1 aromatic rings. The van der Waals surface area contributed by atoms with Crippen LogP contribution in [0, 0.1) is 0 Å². The lowest BCUT2D eigenvalue weighted by molar-refractivity contribution is 0.0495. The summed E-state index contributed by atoms with van der Waals surface area (Å²) < 4.78 is 16.6. The summed E-state index contributed by atoms with van der Waals surface area (Å²) in [4.78, 5) is 2.30. The Labute approximate surface area is 128 Å². The van der Waals surface area contributed by atoms with Gasteiger partial charge in [-0.05, 0) is 32.4 Å². The van der Waals surface area contributed by atoms with E-state index in [0.29, 0.717) is 13.2 Å². The fourth-order valence-corrected chi connectivity index (χ4v) is 2.39. The molecule has 1 rings (SSSR count). The first-order chi connectivity index (χ1) is 10.2. The molecular formula is C16H30N2O3. The monoisotopic (exact) mass is 298 g/mol. The van der Waals surface area contributed by atoms with Crippen LogP contribution in [0.4, 0.5) is 0 Å². The summed E-state index contributed by atoms with van der Waals surface area (Å²) >= 11 is 0. The van der Waals surface area contributed by atoms with Gasteiger partial charge in [-0.25, -0.2) is 0 Å². The molecule has 0 aliphatic rings. The Hall–Kier alpha value is -0.880. The van der Waals surface area contributed by atoms with Gasteiger partial charge in [0.2, 0.25) is 0 Å². The van der Waals surface area contributed by atoms with E-state index in [0.717, 1.165) is 38.5 Å². The van der Waals surface area contributed by atoms with Crippen molar-refractivity contribution in [3.63, 3.8) is 0 Å². The van der Waals surface area contributed by atoms with Crippen LogP contribution in [0.25, 0.3) is 0 Å². The van der Waals surface area contributed by atoms with Crippen molar-refractivity contribution in [2.24, 2.45) is 5.73 Å². The first-order valence-electron chi connectivity index (χ1n) is 7.93. The van der Waals surface area contributed by atoms with Crippen LogP contribution in [0.3, 0.4) is 0 Å². The summed E-state index contributed by atoms with van der Waals surface area (Å²) in [6.07, 6.45) is 2.60. The van der Waals surface area contributed by atoms with E-state index in [1.54, 1.807) is 6.26 Å².